The third kappa shape index (κ3) is 4.79. The van der Waals surface area contributed by atoms with Crippen molar-refractivity contribution in [3.8, 4) is 16.9 Å². The van der Waals surface area contributed by atoms with Crippen molar-refractivity contribution in [1.29, 1.82) is 0 Å². The van der Waals surface area contributed by atoms with Crippen molar-refractivity contribution >= 4 is 23.6 Å². The highest BCUT2D eigenvalue weighted by molar-refractivity contribution is 6.02. The lowest BCUT2D eigenvalue weighted by Crippen LogP contribution is -2.08. The number of rotatable bonds is 6. The minimum Gasteiger partial charge on any atom is -0.478 e. The Morgan fingerprint density at radius 3 is 2.28 bits per heavy atom. The average molecular weight is 427 g/mol. The van der Waals surface area contributed by atoms with Gasteiger partial charge in [0.15, 0.2) is 0 Å². The van der Waals surface area contributed by atoms with Crippen LogP contribution in [0.3, 0.4) is 0 Å². The number of nitrogens with zero attached hydrogens (tertiary/aromatic N) is 2. The molecular weight excluding hydrogens is 409 g/mol. The molecule has 0 atom stereocenters. The van der Waals surface area contributed by atoms with E-state index in [-0.39, 0.29) is 17.3 Å². The molecule has 1 amide bonds. The molecule has 158 valence electrons. The second-order valence-electron chi connectivity index (χ2n) is 6.93. The van der Waals surface area contributed by atoms with Crippen molar-refractivity contribution < 1.29 is 19.1 Å². The third-order valence-corrected chi connectivity index (χ3v) is 4.69. The van der Waals surface area contributed by atoms with E-state index in [1.807, 2.05) is 30.3 Å². The van der Waals surface area contributed by atoms with E-state index in [9.17, 15) is 14.0 Å². The molecule has 0 bridgehead atoms. The molecule has 2 N–H and O–H groups in total. The van der Waals surface area contributed by atoms with Gasteiger partial charge in [-0.1, -0.05) is 18.2 Å². The van der Waals surface area contributed by atoms with Gasteiger partial charge in [-0.15, -0.1) is 0 Å². The van der Waals surface area contributed by atoms with E-state index in [1.165, 1.54) is 42.5 Å². The summed E-state index contributed by atoms with van der Waals surface area (Å²) in [7, 11) is 0. The van der Waals surface area contributed by atoms with Crippen LogP contribution in [0.1, 0.15) is 15.9 Å². The molecule has 4 aromatic rings. The molecule has 0 spiro atoms. The Morgan fingerprint density at radius 2 is 1.62 bits per heavy atom. The topological polar surface area (TPSA) is 84.2 Å². The number of hydrogen-bond acceptors (Lipinski definition) is 3. The number of carbonyl (C=O) groups excluding carboxylic acids is 1. The van der Waals surface area contributed by atoms with Crippen LogP contribution in [0.4, 0.5) is 10.1 Å². The van der Waals surface area contributed by atoms with Crippen LogP contribution < -0.4 is 5.32 Å². The van der Waals surface area contributed by atoms with Gasteiger partial charge >= 0.3 is 5.97 Å². The van der Waals surface area contributed by atoms with Gasteiger partial charge in [-0.2, -0.15) is 5.10 Å². The highest BCUT2D eigenvalue weighted by Crippen LogP contribution is 2.25. The Labute approximate surface area is 183 Å². The second kappa shape index (κ2) is 9.09. The molecule has 0 radical (unpaired) electrons. The summed E-state index contributed by atoms with van der Waals surface area (Å²) in [6.07, 6.45) is 4.79. The van der Waals surface area contributed by atoms with E-state index in [0.29, 0.717) is 22.5 Å². The van der Waals surface area contributed by atoms with Gasteiger partial charge in [-0.25, -0.2) is 13.9 Å². The second-order valence-corrected chi connectivity index (χ2v) is 6.93. The van der Waals surface area contributed by atoms with Gasteiger partial charge in [0.25, 0.3) is 0 Å². The molecule has 6 nitrogen and oxygen atoms in total. The van der Waals surface area contributed by atoms with Gasteiger partial charge in [0.05, 0.1) is 16.9 Å². The number of carbonyl (C=O) groups is 2. The van der Waals surface area contributed by atoms with Crippen molar-refractivity contribution in [2.75, 3.05) is 5.32 Å². The number of hydrogen-bond donors (Lipinski definition) is 2. The maximum absolute atomic E-state index is 13.4. The van der Waals surface area contributed by atoms with Crippen molar-refractivity contribution in [2.45, 2.75) is 0 Å². The third-order valence-electron chi connectivity index (χ3n) is 4.69. The van der Waals surface area contributed by atoms with Crippen LogP contribution in [-0.4, -0.2) is 26.8 Å². The summed E-state index contributed by atoms with van der Waals surface area (Å²) in [5.74, 6) is -1.77. The number of para-hydroxylation sites is 1. The Hall–Kier alpha value is -4.52. The van der Waals surface area contributed by atoms with Crippen LogP contribution in [0.25, 0.3) is 23.0 Å². The quantitative estimate of drug-likeness (QED) is 0.423. The van der Waals surface area contributed by atoms with Crippen molar-refractivity contribution in [3.05, 3.63) is 108 Å². The minimum atomic E-state index is -1.04. The normalized spacial score (nSPS) is 10.9. The first kappa shape index (κ1) is 20.7. The van der Waals surface area contributed by atoms with Crippen molar-refractivity contribution in [1.82, 2.24) is 9.78 Å². The Bertz CT molecular complexity index is 1280. The smallest absolute Gasteiger partial charge is 0.335 e. The molecule has 1 heterocycles. The summed E-state index contributed by atoms with van der Waals surface area (Å²) in [5.41, 5.74) is 3.45. The Kier molecular flexibility index (Phi) is 5.89. The summed E-state index contributed by atoms with van der Waals surface area (Å²) >= 11 is 0. The van der Waals surface area contributed by atoms with Crippen LogP contribution >= 0.6 is 0 Å². The largest absolute Gasteiger partial charge is 0.478 e. The SMILES string of the molecule is O=C(C=Cc1cn(-c2ccccc2)nc1-c1ccc(F)cc1)Nc1ccc(C(=O)O)cc1. The zero-order valence-corrected chi connectivity index (χ0v) is 16.8. The van der Waals surface area contributed by atoms with E-state index >= 15 is 0 Å². The number of aromatic nitrogens is 2. The molecule has 0 aliphatic rings. The number of aromatic carboxylic acids is 1. The molecule has 32 heavy (non-hydrogen) atoms. The number of benzene rings is 3. The summed E-state index contributed by atoms with van der Waals surface area (Å²) in [6.45, 7) is 0. The van der Waals surface area contributed by atoms with Crippen LogP contribution in [0.15, 0.2) is 91.1 Å². The summed E-state index contributed by atoms with van der Waals surface area (Å²) < 4.78 is 15.1. The number of halogens is 1. The first-order valence-electron chi connectivity index (χ1n) is 9.73. The van der Waals surface area contributed by atoms with Gasteiger partial charge < -0.3 is 10.4 Å². The number of nitrogens with one attached hydrogen (secondary N) is 1. The highest BCUT2D eigenvalue weighted by atomic mass is 19.1. The zero-order valence-electron chi connectivity index (χ0n) is 16.8. The van der Waals surface area contributed by atoms with Crippen LogP contribution in [-0.2, 0) is 4.79 Å². The molecule has 0 saturated heterocycles. The summed E-state index contributed by atoms with van der Waals surface area (Å²) in [6, 6.07) is 21.4. The Balaban J connectivity index is 1.60. The number of amides is 1. The van der Waals surface area contributed by atoms with E-state index in [4.69, 9.17) is 5.11 Å². The summed E-state index contributed by atoms with van der Waals surface area (Å²) in [4.78, 5) is 23.3. The standard InChI is InChI=1S/C25H18FN3O3/c26-20-11-6-17(7-12-20)24-19(16-29(28-24)22-4-2-1-3-5-22)10-15-23(30)27-21-13-8-18(9-14-21)25(31)32/h1-16H,(H,27,30)(H,31,32). The predicted molar refractivity (Wildman–Crippen MR) is 120 cm³/mol. The molecule has 1 aromatic heterocycles. The highest BCUT2D eigenvalue weighted by Gasteiger charge is 2.11. The van der Waals surface area contributed by atoms with Crippen molar-refractivity contribution in [3.63, 3.8) is 0 Å². The van der Waals surface area contributed by atoms with Crippen molar-refractivity contribution in [2.24, 2.45) is 0 Å². The molecule has 0 aliphatic carbocycles. The predicted octanol–water partition coefficient (Wildman–Crippen LogP) is 5.03. The Morgan fingerprint density at radius 1 is 0.938 bits per heavy atom. The molecular formula is C25H18FN3O3. The van der Waals surface area contributed by atoms with E-state index in [0.717, 1.165) is 5.69 Å². The average Bonchev–Trinajstić information content (AvgIpc) is 3.23. The fourth-order valence-corrected chi connectivity index (χ4v) is 3.10. The summed E-state index contributed by atoms with van der Waals surface area (Å²) in [5, 5.41) is 16.3. The number of anilines is 1. The van der Waals surface area contributed by atoms with Gasteiger partial charge in [-0.3, -0.25) is 4.79 Å². The van der Waals surface area contributed by atoms with Crippen LogP contribution in [0.2, 0.25) is 0 Å². The van der Waals surface area contributed by atoms with E-state index in [2.05, 4.69) is 10.4 Å². The fraction of sp³-hybridized carbons (Fsp3) is 0. The molecule has 3 aromatic carbocycles. The molecule has 0 unspecified atom stereocenters. The zero-order chi connectivity index (χ0) is 22.5. The lowest BCUT2D eigenvalue weighted by molar-refractivity contribution is -0.111. The van der Waals surface area contributed by atoms with Crippen LogP contribution in [0, 0.1) is 5.82 Å². The van der Waals surface area contributed by atoms with Gasteiger partial charge in [-0.05, 0) is 66.7 Å². The van der Waals surface area contributed by atoms with Crippen LogP contribution in [0.5, 0.6) is 0 Å². The molecule has 7 heteroatoms. The van der Waals surface area contributed by atoms with Gasteiger partial charge in [0, 0.05) is 29.1 Å². The molecule has 0 fully saturated rings. The molecule has 0 aliphatic heterocycles. The minimum absolute atomic E-state index is 0.135. The fourth-order valence-electron chi connectivity index (χ4n) is 3.10. The first-order valence-corrected chi connectivity index (χ1v) is 9.73. The van der Waals surface area contributed by atoms with Gasteiger partial charge in [0.1, 0.15) is 5.82 Å². The maximum Gasteiger partial charge on any atom is 0.335 e. The monoisotopic (exact) mass is 427 g/mol. The number of carboxylic acid groups (broad SMARTS) is 1. The lowest BCUT2D eigenvalue weighted by atomic mass is 10.1. The molecule has 4 rings (SSSR count). The molecule has 0 saturated carbocycles. The first-order chi connectivity index (χ1) is 15.5. The van der Waals surface area contributed by atoms with E-state index < -0.39 is 5.97 Å². The van der Waals surface area contributed by atoms with E-state index in [1.54, 1.807) is 29.1 Å². The maximum atomic E-state index is 13.4. The number of carboxylic acids is 1. The van der Waals surface area contributed by atoms with Gasteiger partial charge in [0.2, 0.25) is 5.91 Å². The lowest BCUT2D eigenvalue weighted by Gasteiger charge is -2.02.